The number of esters is 1. The Morgan fingerprint density at radius 1 is 1.28 bits per heavy atom. The number of nitrogens with zero attached hydrogens (tertiary/aromatic N) is 1. The van der Waals surface area contributed by atoms with Gasteiger partial charge in [-0.3, -0.25) is 9.78 Å². The fourth-order valence-electron chi connectivity index (χ4n) is 2.09. The predicted octanol–water partition coefficient (Wildman–Crippen LogP) is 3.30. The molecule has 0 spiro atoms. The molecule has 1 amide bonds. The van der Waals surface area contributed by atoms with E-state index in [1.807, 2.05) is 13.0 Å². The lowest BCUT2D eigenvalue weighted by molar-refractivity contribution is -0.152. The molecule has 0 unspecified atom stereocenters. The highest BCUT2D eigenvalue weighted by Gasteiger charge is 2.20. The van der Waals surface area contributed by atoms with Gasteiger partial charge in [-0.25, -0.2) is 4.79 Å². The molecule has 0 aliphatic carbocycles. The third-order valence-corrected chi connectivity index (χ3v) is 3.48. The van der Waals surface area contributed by atoms with Crippen molar-refractivity contribution in [3.05, 3.63) is 41.2 Å². The molecule has 0 saturated carbocycles. The van der Waals surface area contributed by atoms with Gasteiger partial charge in [-0.2, -0.15) is 0 Å². The van der Waals surface area contributed by atoms with E-state index in [4.69, 9.17) is 21.1 Å². The van der Waals surface area contributed by atoms with Crippen LogP contribution in [0.4, 0.5) is 17.1 Å². The molecule has 1 aromatic heterocycles. The van der Waals surface area contributed by atoms with E-state index >= 15 is 0 Å². The van der Waals surface area contributed by atoms with Crippen molar-refractivity contribution >= 4 is 40.5 Å². The molecule has 7 nitrogen and oxygen atoms in total. The number of aryl methyl sites for hydroxylation is 1. The van der Waals surface area contributed by atoms with Gasteiger partial charge in [0.1, 0.15) is 11.4 Å². The maximum absolute atomic E-state index is 12.0. The number of hydrogen-bond acceptors (Lipinski definition) is 6. The van der Waals surface area contributed by atoms with Gasteiger partial charge in [0.25, 0.3) is 0 Å². The number of nitrogens with one attached hydrogen (secondary N) is 2. The van der Waals surface area contributed by atoms with Crippen LogP contribution in [0.1, 0.15) is 12.6 Å². The zero-order valence-electron chi connectivity index (χ0n) is 14.1. The van der Waals surface area contributed by atoms with Crippen LogP contribution in [0.2, 0.25) is 5.02 Å². The Morgan fingerprint density at radius 3 is 2.68 bits per heavy atom. The van der Waals surface area contributed by atoms with Crippen molar-refractivity contribution in [3.63, 3.8) is 0 Å². The lowest BCUT2D eigenvalue weighted by atomic mass is 10.2. The molecule has 0 bridgehead atoms. The molecule has 0 atom stereocenters. The van der Waals surface area contributed by atoms with Crippen LogP contribution in [0.15, 0.2) is 30.5 Å². The second kappa shape index (κ2) is 8.34. The molecule has 8 heteroatoms. The minimum Gasteiger partial charge on any atom is -0.494 e. The molecule has 132 valence electrons. The largest absolute Gasteiger partial charge is 0.494 e. The number of amides is 1. The van der Waals surface area contributed by atoms with Crippen LogP contribution in [0.25, 0.3) is 0 Å². The Balaban J connectivity index is 2.41. The van der Waals surface area contributed by atoms with E-state index in [2.05, 4.69) is 15.6 Å². The number of aromatic nitrogens is 1. The summed E-state index contributed by atoms with van der Waals surface area (Å²) in [5, 5.41) is 6.04. The summed E-state index contributed by atoms with van der Waals surface area (Å²) in [7, 11) is 1.44. The number of rotatable bonds is 5. The van der Waals surface area contributed by atoms with Gasteiger partial charge in [0.05, 0.1) is 30.8 Å². The van der Waals surface area contributed by atoms with E-state index < -0.39 is 11.9 Å². The third-order valence-electron chi connectivity index (χ3n) is 3.26. The van der Waals surface area contributed by atoms with Gasteiger partial charge in [-0.15, -0.1) is 0 Å². The highest BCUT2D eigenvalue weighted by molar-refractivity contribution is 6.38. The maximum atomic E-state index is 12.0. The zero-order valence-corrected chi connectivity index (χ0v) is 14.8. The van der Waals surface area contributed by atoms with Crippen molar-refractivity contribution in [1.29, 1.82) is 0 Å². The number of hydrogen-bond donors (Lipinski definition) is 2. The number of carbonyl (C=O) groups is 2. The minimum atomic E-state index is -0.983. The number of halogens is 1. The van der Waals surface area contributed by atoms with Crippen molar-refractivity contribution < 1.29 is 19.1 Å². The molecule has 2 rings (SSSR count). The Morgan fingerprint density at radius 2 is 2.04 bits per heavy atom. The standard InChI is InChI=1S/C17H18ClN3O4/c1-4-25-17(23)16(22)21-15-13(8-11(18)9-14(15)24-3)20-12-6-5-7-19-10(12)2/h5-9,20H,4H2,1-3H3,(H,21,22). The molecule has 0 aliphatic heterocycles. The summed E-state index contributed by atoms with van der Waals surface area (Å²) in [4.78, 5) is 27.8. The normalized spacial score (nSPS) is 10.1. The molecule has 0 radical (unpaired) electrons. The molecule has 25 heavy (non-hydrogen) atoms. The van der Waals surface area contributed by atoms with Crippen molar-refractivity contribution in [2.75, 3.05) is 24.4 Å². The first-order valence-electron chi connectivity index (χ1n) is 7.50. The molecule has 0 fully saturated rings. The Kier molecular flexibility index (Phi) is 6.19. The zero-order chi connectivity index (χ0) is 18.4. The average Bonchev–Trinajstić information content (AvgIpc) is 2.58. The summed E-state index contributed by atoms with van der Waals surface area (Å²) >= 11 is 6.12. The quantitative estimate of drug-likeness (QED) is 0.625. The van der Waals surface area contributed by atoms with E-state index in [9.17, 15) is 9.59 Å². The molecule has 1 heterocycles. The second-order valence-electron chi connectivity index (χ2n) is 4.97. The fraction of sp³-hybridized carbons (Fsp3) is 0.235. The molecular formula is C17H18ClN3O4. The molecule has 0 saturated heterocycles. The van der Waals surface area contributed by atoms with Crippen LogP contribution in [0.3, 0.4) is 0 Å². The summed E-state index contributed by atoms with van der Waals surface area (Å²) in [5.74, 6) is -1.59. The van der Waals surface area contributed by atoms with E-state index in [0.717, 1.165) is 11.4 Å². The van der Waals surface area contributed by atoms with E-state index in [1.165, 1.54) is 13.2 Å². The van der Waals surface area contributed by atoms with Crippen LogP contribution in [0.5, 0.6) is 5.75 Å². The van der Waals surface area contributed by atoms with E-state index in [0.29, 0.717) is 16.5 Å². The van der Waals surface area contributed by atoms with Gasteiger partial charge in [-0.1, -0.05) is 11.6 Å². The van der Waals surface area contributed by atoms with Gasteiger partial charge in [0.15, 0.2) is 0 Å². The number of methoxy groups -OCH3 is 1. The SMILES string of the molecule is CCOC(=O)C(=O)Nc1c(Nc2cccnc2C)cc(Cl)cc1OC. The second-order valence-corrected chi connectivity index (χ2v) is 5.40. The van der Waals surface area contributed by atoms with Crippen LogP contribution in [-0.4, -0.2) is 30.6 Å². The monoisotopic (exact) mass is 363 g/mol. The number of pyridine rings is 1. The number of carbonyl (C=O) groups excluding carboxylic acids is 2. The van der Waals surface area contributed by atoms with Crippen molar-refractivity contribution in [2.24, 2.45) is 0 Å². The molecule has 2 N–H and O–H groups in total. The molecule has 0 aliphatic rings. The summed E-state index contributed by atoms with van der Waals surface area (Å²) in [6, 6.07) is 6.74. The van der Waals surface area contributed by atoms with Gasteiger partial charge < -0.3 is 20.1 Å². The Bertz CT molecular complexity index is 795. The lowest BCUT2D eigenvalue weighted by Gasteiger charge is -2.17. The molecular weight excluding hydrogens is 346 g/mol. The van der Waals surface area contributed by atoms with Gasteiger partial charge in [-0.05, 0) is 32.0 Å². The van der Waals surface area contributed by atoms with Gasteiger partial charge >= 0.3 is 11.9 Å². The van der Waals surface area contributed by atoms with Crippen molar-refractivity contribution in [1.82, 2.24) is 4.98 Å². The predicted molar refractivity (Wildman–Crippen MR) is 95.5 cm³/mol. The van der Waals surface area contributed by atoms with Crippen LogP contribution < -0.4 is 15.4 Å². The molecule has 1 aromatic carbocycles. The number of ether oxygens (including phenoxy) is 2. The van der Waals surface area contributed by atoms with Crippen molar-refractivity contribution in [2.45, 2.75) is 13.8 Å². The van der Waals surface area contributed by atoms with Gasteiger partial charge in [0.2, 0.25) is 0 Å². The Labute approximate surface area is 150 Å². The first-order chi connectivity index (χ1) is 12.0. The van der Waals surface area contributed by atoms with Crippen LogP contribution >= 0.6 is 11.6 Å². The van der Waals surface area contributed by atoms with Crippen LogP contribution in [0, 0.1) is 6.92 Å². The summed E-state index contributed by atoms with van der Waals surface area (Å²) in [6.45, 7) is 3.55. The number of benzene rings is 1. The number of anilines is 3. The van der Waals surface area contributed by atoms with Crippen molar-refractivity contribution in [3.8, 4) is 5.75 Å². The smallest absolute Gasteiger partial charge is 0.397 e. The highest BCUT2D eigenvalue weighted by atomic mass is 35.5. The minimum absolute atomic E-state index is 0.101. The molecule has 2 aromatic rings. The van der Waals surface area contributed by atoms with Gasteiger partial charge in [0, 0.05) is 17.3 Å². The first kappa shape index (κ1) is 18.5. The Hall–Kier alpha value is -2.80. The fourth-order valence-corrected chi connectivity index (χ4v) is 2.30. The highest BCUT2D eigenvalue weighted by Crippen LogP contribution is 2.38. The van der Waals surface area contributed by atoms with E-state index in [-0.39, 0.29) is 12.3 Å². The first-order valence-corrected chi connectivity index (χ1v) is 7.88. The third kappa shape index (κ3) is 4.60. The summed E-state index contributed by atoms with van der Waals surface area (Å²) in [5.41, 5.74) is 2.20. The summed E-state index contributed by atoms with van der Waals surface area (Å²) in [6.07, 6.45) is 1.67. The lowest BCUT2D eigenvalue weighted by Crippen LogP contribution is -2.25. The van der Waals surface area contributed by atoms with Crippen LogP contribution in [-0.2, 0) is 14.3 Å². The van der Waals surface area contributed by atoms with E-state index in [1.54, 1.807) is 25.3 Å². The topological polar surface area (TPSA) is 89.6 Å². The maximum Gasteiger partial charge on any atom is 0.397 e. The average molecular weight is 364 g/mol. The summed E-state index contributed by atoms with van der Waals surface area (Å²) < 4.78 is 9.97.